The molecule has 1 fully saturated rings. The quantitative estimate of drug-likeness (QED) is 0.865. The smallest absolute Gasteiger partial charge is 0.314 e. The van der Waals surface area contributed by atoms with Crippen LogP contribution in [0.3, 0.4) is 0 Å². The van der Waals surface area contributed by atoms with Gasteiger partial charge in [0.1, 0.15) is 0 Å². The van der Waals surface area contributed by atoms with Gasteiger partial charge in [0.2, 0.25) is 0 Å². The third-order valence-corrected chi connectivity index (χ3v) is 4.44. The highest BCUT2D eigenvalue weighted by molar-refractivity contribution is 9.10. The molecule has 0 saturated heterocycles. The predicted molar refractivity (Wildman–Crippen MR) is 69.1 cm³/mol. The highest BCUT2D eigenvalue weighted by Crippen LogP contribution is 2.45. The molecule has 0 aromatic heterocycles. The van der Waals surface area contributed by atoms with Crippen molar-refractivity contribution in [2.24, 2.45) is 0 Å². The van der Waals surface area contributed by atoms with Gasteiger partial charge < -0.3 is 5.11 Å². The Balaban J connectivity index is 2.46. The number of halogens is 1. The van der Waals surface area contributed by atoms with Gasteiger partial charge in [-0.2, -0.15) is 0 Å². The minimum atomic E-state index is -0.691. The van der Waals surface area contributed by atoms with Crippen LogP contribution in [-0.2, 0) is 10.2 Å². The van der Waals surface area contributed by atoms with Crippen molar-refractivity contribution in [3.8, 4) is 0 Å². The summed E-state index contributed by atoms with van der Waals surface area (Å²) in [7, 11) is 0. The van der Waals surface area contributed by atoms with E-state index >= 15 is 0 Å². The monoisotopic (exact) mass is 300 g/mol. The van der Waals surface area contributed by atoms with Crippen LogP contribution < -0.4 is 0 Å². The van der Waals surface area contributed by atoms with Gasteiger partial charge in [0.15, 0.2) is 0 Å². The van der Waals surface area contributed by atoms with E-state index in [0.717, 1.165) is 34.2 Å². The molecule has 1 aliphatic carbocycles. The lowest BCUT2D eigenvalue weighted by Gasteiger charge is -2.38. The van der Waals surface area contributed by atoms with Crippen LogP contribution in [0.2, 0.25) is 0 Å². The molecule has 0 spiro atoms. The van der Waals surface area contributed by atoms with E-state index in [0.29, 0.717) is 0 Å². The molecule has 2 rings (SSSR count). The van der Waals surface area contributed by atoms with Gasteiger partial charge >= 0.3 is 5.97 Å². The summed E-state index contributed by atoms with van der Waals surface area (Å²) in [5.41, 5.74) is 0.304. The molecule has 16 heavy (non-hydrogen) atoms. The van der Waals surface area contributed by atoms with Gasteiger partial charge in [-0.15, -0.1) is 11.8 Å². The Kier molecular flexibility index (Phi) is 3.31. The van der Waals surface area contributed by atoms with E-state index < -0.39 is 11.4 Å². The van der Waals surface area contributed by atoms with Gasteiger partial charge in [0, 0.05) is 9.37 Å². The summed E-state index contributed by atoms with van der Waals surface area (Å²) >= 11 is 5.08. The Labute approximate surface area is 108 Å². The zero-order chi connectivity index (χ0) is 11.8. The number of aliphatic carboxylic acids is 1. The molecule has 0 atom stereocenters. The van der Waals surface area contributed by atoms with Crippen molar-refractivity contribution in [3.05, 3.63) is 28.2 Å². The van der Waals surface area contributed by atoms with Gasteiger partial charge in [-0.05, 0) is 42.9 Å². The van der Waals surface area contributed by atoms with E-state index in [1.807, 2.05) is 24.5 Å². The first kappa shape index (κ1) is 12.0. The van der Waals surface area contributed by atoms with Gasteiger partial charge in [0.25, 0.3) is 0 Å². The van der Waals surface area contributed by atoms with Crippen LogP contribution in [0.5, 0.6) is 0 Å². The minimum Gasteiger partial charge on any atom is -0.481 e. The molecule has 0 amide bonds. The van der Waals surface area contributed by atoms with Crippen LogP contribution in [0.15, 0.2) is 27.6 Å². The van der Waals surface area contributed by atoms with Gasteiger partial charge in [-0.1, -0.05) is 22.4 Å². The first-order chi connectivity index (χ1) is 7.58. The zero-order valence-electron chi connectivity index (χ0n) is 9.00. The van der Waals surface area contributed by atoms with Gasteiger partial charge in [-0.3, -0.25) is 4.79 Å². The van der Waals surface area contributed by atoms with Crippen LogP contribution in [0, 0.1) is 0 Å². The van der Waals surface area contributed by atoms with Crippen molar-refractivity contribution in [1.82, 2.24) is 0 Å². The minimum absolute atomic E-state index is 0.631. The molecule has 1 aromatic carbocycles. The van der Waals surface area contributed by atoms with Gasteiger partial charge in [-0.25, -0.2) is 0 Å². The third-order valence-electron chi connectivity index (χ3n) is 3.28. The maximum absolute atomic E-state index is 11.4. The Morgan fingerprint density at radius 2 is 2.12 bits per heavy atom. The Hall–Kier alpha value is -0.480. The number of carboxylic acids is 1. The molecule has 0 unspecified atom stereocenters. The topological polar surface area (TPSA) is 37.3 Å². The Morgan fingerprint density at radius 3 is 2.56 bits per heavy atom. The molecule has 1 aliphatic rings. The van der Waals surface area contributed by atoms with E-state index in [1.165, 1.54) is 0 Å². The molecule has 0 radical (unpaired) electrons. The molecule has 1 aromatic rings. The zero-order valence-corrected chi connectivity index (χ0v) is 11.4. The molecule has 0 aliphatic heterocycles. The summed E-state index contributed by atoms with van der Waals surface area (Å²) in [5.74, 6) is -0.691. The predicted octanol–water partition coefficient (Wildman–Crippen LogP) is 3.68. The molecular weight excluding hydrogens is 288 g/mol. The second kappa shape index (κ2) is 4.41. The van der Waals surface area contributed by atoms with Crippen molar-refractivity contribution in [2.75, 3.05) is 6.26 Å². The Bertz CT molecular complexity index is 427. The molecule has 0 heterocycles. The second-order valence-electron chi connectivity index (χ2n) is 4.12. The van der Waals surface area contributed by atoms with E-state index in [1.54, 1.807) is 11.8 Å². The summed E-state index contributed by atoms with van der Waals surface area (Å²) in [4.78, 5) is 12.5. The molecule has 0 bridgehead atoms. The standard InChI is InChI=1S/C12H13BrO2S/c1-16-10-6-8(5-9(13)7-10)12(11(14)15)3-2-4-12/h5-7H,2-4H2,1H3,(H,14,15). The average molecular weight is 301 g/mol. The fourth-order valence-electron chi connectivity index (χ4n) is 2.11. The van der Waals surface area contributed by atoms with Crippen LogP contribution in [-0.4, -0.2) is 17.3 Å². The van der Waals surface area contributed by atoms with Crippen LogP contribution in [0.25, 0.3) is 0 Å². The number of hydrogen-bond acceptors (Lipinski definition) is 2. The van der Waals surface area contributed by atoms with Crippen LogP contribution in [0.1, 0.15) is 24.8 Å². The summed E-state index contributed by atoms with van der Waals surface area (Å²) in [6.07, 6.45) is 4.52. The van der Waals surface area contributed by atoms with E-state index in [2.05, 4.69) is 15.9 Å². The number of carbonyl (C=O) groups is 1. The molecule has 1 N–H and O–H groups in total. The number of hydrogen-bond donors (Lipinski definition) is 1. The van der Waals surface area contributed by atoms with Crippen molar-refractivity contribution in [2.45, 2.75) is 29.6 Å². The summed E-state index contributed by atoms with van der Waals surface area (Å²) in [6, 6.07) is 5.96. The summed E-state index contributed by atoms with van der Waals surface area (Å²) in [6.45, 7) is 0. The summed E-state index contributed by atoms with van der Waals surface area (Å²) < 4.78 is 0.960. The molecular formula is C12H13BrO2S. The molecule has 86 valence electrons. The van der Waals surface area contributed by atoms with E-state index in [9.17, 15) is 9.90 Å². The van der Waals surface area contributed by atoms with Gasteiger partial charge in [0.05, 0.1) is 5.41 Å². The second-order valence-corrected chi connectivity index (χ2v) is 5.92. The van der Waals surface area contributed by atoms with E-state index in [4.69, 9.17) is 0 Å². The van der Waals surface area contributed by atoms with Crippen molar-refractivity contribution >= 4 is 33.7 Å². The highest BCUT2D eigenvalue weighted by Gasteiger charge is 2.46. The molecule has 1 saturated carbocycles. The molecule has 4 heteroatoms. The lowest BCUT2D eigenvalue weighted by molar-refractivity contribution is -0.147. The largest absolute Gasteiger partial charge is 0.481 e. The number of rotatable bonds is 3. The fourth-order valence-corrected chi connectivity index (χ4v) is 3.25. The van der Waals surface area contributed by atoms with Crippen molar-refractivity contribution in [1.29, 1.82) is 0 Å². The van der Waals surface area contributed by atoms with Crippen molar-refractivity contribution in [3.63, 3.8) is 0 Å². The first-order valence-electron chi connectivity index (χ1n) is 5.17. The summed E-state index contributed by atoms with van der Waals surface area (Å²) in [5, 5.41) is 9.37. The number of benzene rings is 1. The van der Waals surface area contributed by atoms with Crippen LogP contribution in [0.4, 0.5) is 0 Å². The lowest BCUT2D eigenvalue weighted by atomic mass is 9.64. The third kappa shape index (κ3) is 1.89. The number of carboxylic acid groups (broad SMARTS) is 1. The fraction of sp³-hybridized carbons (Fsp3) is 0.417. The van der Waals surface area contributed by atoms with E-state index in [-0.39, 0.29) is 0 Å². The lowest BCUT2D eigenvalue weighted by Crippen LogP contribution is -2.42. The maximum Gasteiger partial charge on any atom is 0.314 e. The van der Waals surface area contributed by atoms with Crippen molar-refractivity contribution < 1.29 is 9.90 Å². The highest BCUT2D eigenvalue weighted by atomic mass is 79.9. The maximum atomic E-state index is 11.4. The number of thioether (sulfide) groups is 1. The average Bonchev–Trinajstić information content (AvgIpc) is 2.14. The Morgan fingerprint density at radius 1 is 1.44 bits per heavy atom. The SMILES string of the molecule is CSc1cc(Br)cc(C2(C(=O)O)CCC2)c1. The van der Waals surface area contributed by atoms with Crippen LogP contribution >= 0.6 is 27.7 Å². The first-order valence-corrected chi connectivity index (χ1v) is 7.19. The normalized spacial score (nSPS) is 17.9. The molecule has 2 nitrogen and oxygen atoms in total.